The van der Waals surface area contributed by atoms with Crippen molar-refractivity contribution in [2.45, 2.75) is 193 Å². The second-order valence-electron chi connectivity index (χ2n) is 13.7. The molecule has 0 aromatic carbocycles. The molecule has 0 aromatic rings. The summed E-state index contributed by atoms with van der Waals surface area (Å²) in [5.74, 6) is -0.453. The smallest absolute Gasteiger partial charge is 0.393 e. The predicted octanol–water partition coefficient (Wildman–Crippen LogP) is 9.75. The van der Waals surface area contributed by atoms with Gasteiger partial charge in [0.2, 0.25) is 5.91 Å². The number of phosphoric ester groups is 1. The molecular weight excluding hydrogens is 651 g/mol. The predicted molar refractivity (Wildman–Crippen MR) is 209 cm³/mol. The van der Waals surface area contributed by atoms with E-state index < -0.39 is 38.6 Å². The van der Waals surface area contributed by atoms with E-state index in [-0.39, 0.29) is 19.6 Å². The summed E-state index contributed by atoms with van der Waals surface area (Å²) in [5.41, 5.74) is 5.35. The first-order valence-electron chi connectivity index (χ1n) is 20.2. The molecule has 0 spiro atoms. The van der Waals surface area contributed by atoms with Gasteiger partial charge in [-0.1, -0.05) is 159 Å². The quantitative estimate of drug-likeness (QED) is 0.0184. The van der Waals surface area contributed by atoms with Crippen LogP contribution in [0.25, 0.3) is 0 Å². The minimum atomic E-state index is -4.39. The van der Waals surface area contributed by atoms with Crippen LogP contribution in [0.2, 0.25) is 0 Å². The average molecular weight is 729 g/mol. The number of allylic oxidation sites excluding steroid dienone is 5. The Labute approximate surface area is 306 Å². The fraction of sp³-hybridized carbons (Fsp3) is 0.825. The summed E-state index contributed by atoms with van der Waals surface area (Å²) in [5, 5.41) is 23.9. The molecule has 0 radical (unpaired) electrons. The van der Waals surface area contributed by atoms with Crippen LogP contribution >= 0.6 is 7.82 Å². The number of phosphoric acid groups is 1. The third-order valence-electron chi connectivity index (χ3n) is 8.79. The van der Waals surface area contributed by atoms with Gasteiger partial charge >= 0.3 is 7.82 Å². The molecule has 9 nitrogen and oxygen atoms in total. The fourth-order valence-electron chi connectivity index (χ4n) is 5.69. The summed E-state index contributed by atoms with van der Waals surface area (Å²) in [6.07, 6.45) is 37.9. The van der Waals surface area contributed by atoms with Crippen molar-refractivity contribution in [3.05, 3.63) is 36.5 Å². The Balaban J connectivity index is 4.34. The number of amides is 1. The summed E-state index contributed by atoms with van der Waals surface area (Å²) in [7, 11) is -4.39. The van der Waals surface area contributed by atoms with Gasteiger partial charge in [-0.05, 0) is 44.9 Å². The summed E-state index contributed by atoms with van der Waals surface area (Å²) in [4.78, 5) is 22.7. The van der Waals surface area contributed by atoms with Crippen molar-refractivity contribution in [1.82, 2.24) is 5.32 Å². The molecule has 4 atom stereocenters. The maximum Gasteiger partial charge on any atom is 0.472 e. The largest absolute Gasteiger partial charge is 0.472 e. The van der Waals surface area contributed by atoms with Crippen LogP contribution in [0.1, 0.15) is 174 Å². The second-order valence-corrected chi connectivity index (χ2v) is 15.2. The van der Waals surface area contributed by atoms with Gasteiger partial charge in [-0.2, -0.15) is 0 Å². The number of unbranched alkanes of at least 4 members (excludes halogenated alkanes) is 20. The van der Waals surface area contributed by atoms with E-state index in [9.17, 15) is 24.5 Å². The Morgan fingerprint density at radius 1 is 0.700 bits per heavy atom. The maximum absolute atomic E-state index is 12.8. The standard InChI is InChI=1S/C40H77N2O7P/c1-3-5-7-9-11-13-15-16-17-18-19-20-22-23-25-27-29-31-37(43)35-40(45)42-38(36-49-50(46,47)48-34-33-41)39(44)32-30-28-26-24-21-14-12-10-8-6-4-2/h11,13,15-16,30,32,37-39,43-44H,3-10,12,14,17-29,31,33-36,41H2,1-2H3,(H,42,45)(H,46,47)/b13-11-,16-15-,32-30+. The molecule has 0 aromatic heterocycles. The van der Waals surface area contributed by atoms with Crippen molar-refractivity contribution in [3.8, 4) is 0 Å². The molecule has 0 saturated carbocycles. The van der Waals surface area contributed by atoms with E-state index in [1.807, 2.05) is 6.08 Å². The van der Waals surface area contributed by atoms with Crippen LogP contribution in [0.4, 0.5) is 0 Å². The van der Waals surface area contributed by atoms with Crippen LogP contribution in [0.5, 0.6) is 0 Å². The lowest BCUT2D eigenvalue weighted by molar-refractivity contribution is -0.124. The Bertz CT molecular complexity index is 899. The molecule has 0 aliphatic rings. The topological polar surface area (TPSA) is 151 Å². The molecule has 50 heavy (non-hydrogen) atoms. The zero-order valence-electron chi connectivity index (χ0n) is 32.0. The number of aliphatic hydroxyl groups is 2. The highest BCUT2D eigenvalue weighted by Gasteiger charge is 2.27. The van der Waals surface area contributed by atoms with Crippen LogP contribution in [0, 0.1) is 0 Å². The molecule has 0 saturated heterocycles. The number of rotatable bonds is 37. The molecule has 0 bridgehead atoms. The van der Waals surface area contributed by atoms with Crippen LogP contribution in [-0.2, 0) is 18.4 Å². The number of nitrogens with two attached hydrogens (primary N) is 1. The molecule has 294 valence electrons. The second kappa shape index (κ2) is 36.1. The van der Waals surface area contributed by atoms with Gasteiger partial charge in [0.05, 0.1) is 37.9 Å². The molecule has 0 rings (SSSR count). The van der Waals surface area contributed by atoms with Crippen molar-refractivity contribution in [3.63, 3.8) is 0 Å². The molecule has 0 aliphatic heterocycles. The number of hydrogen-bond acceptors (Lipinski definition) is 7. The molecule has 4 unspecified atom stereocenters. The van der Waals surface area contributed by atoms with Crippen molar-refractivity contribution >= 4 is 13.7 Å². The maximum atomic E-state index is 12.8. The van der Waals surface area contributed by atoms with E-state index in [1.54, 1.807) is 6.08 Å². The zero-order valence-corrected chi connectivity index (χ0v) is 32.9. The lowest BCUT2D eigenvalue weighted by atomic mass is 10.0. The number of carbonyl (C=O) groups excluding carboxylic acids is 1. The summed E-state index contributed by atoms with van der Waals surface area (Å²) >= 11 is 0. The highest BCUT2D eigenvalue weighted by Crippen LogP contribution is 2.43. The first-order chi connectivity index (χ1) is 24.3. The average Bonchev–Trinajstić information content (AvgIpc) is 3.09. The van der Waals surface area contributed by atoms with Gasteiger partial charge in [0.1, 0.15) is 0 Å². The van der Waals surface area contributed by atoms with Crippen LogP contribution in [-0.4, -0.2) is 59.0 Å². The lowest BCUT2D eigenvalue weighted by Gasteiger charge is -2.24. The van der Waals surface area contributed by atoms with Crippen LogP contribution < -0.4 is 11.1 Å². The van der Waals surface area contributed by atoms with Crippen LogP contribution in [0.15, 0.2) is 36.5 Å². The Morgan fingerprint density at radius 3 is 1.70 bits per heavy atom. The minimum absolute atomic E-state index is 0.0476. The van der Waals surface area contributed by atoms with Gasteiger partial charge in [-0.25, -0.2) is 4.57 Å². The van der Waals surface area contributed by atoms with E-state index >= 15 is 0 Å². The first kappa shape index (κ1) is 48.7. The lowest BCUT2D eigenvalue weighted by Crippen LogP contribution is -2.46. The fourth-order valence-corrected chi connectivity index (χ4v) is 6.45. The zero-order chi connectivity index (χ0) is 37.0. The van der Waals surface area contributed by atoms with Crippen molar-refractivity contribution in [2.24, 2.45) is 5.73 Å². The summed E-state index contributed by atoms with van der Waals surface area (Å²) in [6, 6.07) is -0.982. The van der Waals surface area contributed by atoms with Crippen molar-refractivity contribution in [2.75, 3.05) is 19.8 Å². The Hall–Kier alpha value is -1.32. The van der Waals surface area contributed by atoms with Gasteiger partial charge in [0.15, 0.2) is 0 Å². The third kappa shape index (κ3) is 33.8. The highest BCUT2D eigenvalue weighted by molar-refractivity contribution is 7.47. The van der Waals surface area contributed by atoms with Crippen molar-refractivity contribution < 1.29 is 33.5 Å². The van der Waals surface area contributed by atoms with E-state index in [0.717, 1.165) is 44.9 Å². The van der Waals surface area contributed by atoms with Crippen LogP contribution in [0.3, 0.4) is 0 Å². The molecule has 6 N–H and O–H groups in total. The van der Waals surface area contributed by atoms with Gasteiger partial charge in [-0.15, -0.1) is 0 Å². The minimum Gasteiger partial charge on any atom is -0.393 e. The molecule has 0 aliphatic carbocycles. The van der Waals surface area contributed by atoms with Gasteiger partial charge in [0, 0.05) is 6.54 Å². The Morgan fingerprint density at radius 2 is 1.16 bits per heavy atom. The van der Waals surface area contributed by atoms with E-state index in [2.05, 4.69) is 43.5 Å². The summed E-state index contributed by atoms with van der Waals surface area (Å²) < 4.78 is 22.0. The molecule has 1 amide bonds. The molecule has 0 heterocycles. The number of hydrogen-bond donors (Lipinski definition) is 5. The third-order valence-corrected chi connectivity index (χ3v) is 9.78. The SMILES string of the molecule is CCCCC/C=C\C=C/CCCCCCCCCCC(O)CC(=O)NC(COP(=O)(O)OCCN)C(O)/C=C/CCCCCCCCCCC. The highest BCUT2D eigenvalue weighted by atomic mass is 31.2. The van der Waals surface area contributed by atoms with E-state index in [0.29, 0.717) is 6.42 Å². The van der Waals surface area contributed by atoms with Gasteiger partial charge < -0.3 is 26.2 Å². The van der Waals surface area contributed by atoms with Gasteiger partial charge in [0.25, 0.3) is 0 Å². The summed E-state index contributed by atoms with van der Waals surface area (Å²) in [6.45, 7) is 3.91. The van der Waals surface area contributed by atoms with Gasteiger partial charge in [-0.3, -0.25) is 13.8 Å². The molecule has 0 fully saturated rings. The first-order valence-corrected chi connectivity index (χ1v) is 21.7. The normalized spacial score (nSPS) is 15.2. The monoisotopic (exact) mass is 729 g/mol. The number of carbonyl (C=O) groups is 1. The number of nitrogens with one attached hydrogen (secondary N) is 1. The molecular formula is C40H77N2O7P. The molecule has 10 heteroatoms. The van der Waals surface area contributed by atoms with E-state index in [1.165, 1.54) is 103 Å². The number of aliphatic hydroxyl groups excluding tert-OH is 2. The van der Waals surface area contributed by atoms with E-state index in [4.69, 9.17) is 14.8 Å². The Kier molecular flexibility index (Phi) is 35.1. The van der Waals surface area contributed by atoms with Crippen molar-refractivity contribution in [1.29, 1.82) is 0 Å².